The smallest absolute Gasteiger partial charge is 0.387 e. The van der Waals surface area contributed by atoms with Crippen molar-refractivity contribution in [2.45, 2.75) is 72.5 Å². The molecule has 2 aromatic heterocycles. The summed E-state index contributed by atoms with van der Waals surface area (Å²) in [6.45, 7) is 11.1. The van der Waals surface area contributed by atoms with E-state index in [0.717, 1.165) is 23.5 Å². The molecule has 0 spiro atoms. The monoisotopic (exact) mass is 665 g/mol. The molecule has 1 saturated heterocycles. The van der Waals surface area contributed by atoms with E-state index in [1.807, 2.05) is 0 Å². The fraction of sp³-hybridized carbons (Fsp3) is 0.720. The molecule has 0 aliphatic carbocycles. The third-order valence-electron chi connectivity index (χ3n) is 6.21. The minimum Gasteiger partial charge on any atom is -0.387 e. The first-order valence-corrected chi connectivity index (χ1v) is 16.9. The number of nitrogens with zero attached hydrogens (tertiary/aromatic N) is 3. The maximum absolute atomic E-state index is 13.5. The fourth-order valence-corrected chi connectivity index (χ4v) is 6.77. The number of nitrogens with two attached hydrogens (primary N) is 1. The number of phosphoric acid groups is 1. The average molecular weight is 666 g/mol. The molecule has 1 aliphatic heterocycles. The number of thioether (sulfide) groups is 2. The van der Waals surface area contributed by atoms with Crippen LogP contribution in [-0.2, 0) is 32.5 Å². The number of carbonyl (C=O) groups is 2. The van der Waals surface area contributed by atoms with Crippen molar-refractivity contribution < 1.29 is 42.7 Å². The Kier molecular flexibility index (Phi) is 11.3. The van der Waals surface area contributed by atoms with Crippen molar-refractivity contribution in [1.82, 2.24) is 19.5 Å². The highest BCUT2D eigenvalue weighted by molar-refractivity contribution is 8.14. The molecular weight excluding hydrogens is 625 g/mol. The van der Waals surface area contributed by atoms with Crippen LogP contribution in [-0.4, -0.2) is 89.1 Å². The van der Waals surface area contributed by atoms with E-state index < -0.39 is 54.9 Å². The Labute approximate surface area is 257 Å². The van der Waals surface area contributed by atoms with Gasteiger partial charge in [-0.1, -0.05) is 65.1 Å². The maximum atomic E-state index is 13.5. The van der Waals surface area contributed by atoms with Gasteiger partial charge in [-0.2, -0.15) is 4.98 Å². The molecule has 3 heterocycles. The third kappa shape index (κ3) is 8.89. The number of aliphatic hydroxyl groups excluding tert-OH is 1. The summed E-state index contributed by atoms with van der Waals surface area (Å²) >= 11 is 2.03. The van der Waals surface area contributed by atoms with Crippen molar-refractivity contribution in [3.63, 3.8) is 0 Å². The Bertz CT molecular complexity index is 1380. The minimum absolute atomic E-state index is 0.0160. The minimum atomic E-state index is -4.29. The molecule has 3 rings (SSSR count). The summed E-state index contributed by atoms with van der Waals surface area (Å²) in [6, 6.07) is 0. The maximum Gasteiger partial charge on any atom is 0.474 e. The van der Waals surface area contributed by atoms with Crippen LogP contribution in [0.15, 0.2) is 11.1 Å². The summed E-state index contributed by atoms with van der Waals surface area (Å²) in [5.41, 5.74) is 1.95. The lowest BCUT2D eigenvalue weighted by atomic mass is 9.96. The van der Waals surface area contributed by atoms with E-state index in [9.17, 15) is 29.2 Å². The molecule has 43 heavy (non-hydrogen) atoms. The number of nitrogen functional groups attached to an aromatic ring is 1. The van der Waals surface area contributed by atoms with Gasteiger partial charge in [0.1, 0.15) is 17.8 Å². The number of aromatic nitrogens is 4. The van der Waals surface area contributed by atoms with Crippen molar-refractivity contribution in [3.8, 4) is 0 Å². The molecule has 0 radical (unpaired) electrons. The Morgan fingerprint density at radius 2 is 1.65 bits per heavy atom. The number of aliphatic hydroxyl groups is 2. The van der Waals surface area contributed by atoms with Crippen LogP contribution in [0, 0.1) is 10.8 Å². The molecular formula is C25H40N5O10PS2. The number of hydrogen-bond acceptors (Lipinski definition) is 15. The SMILES string of the molecule is CC(C)(C)C(=O)SCCOP(=O)(OCCSC(=O)C(C)(C)C)OC[C@H]1O[C@@H](n2cnc3c(=O)[nH]c(N)nc32)[C@](C)(O)[C@@H]1O. The lowest BCUT2D eigenvalue weighted by Crippen LogP contribution is -2.44. The van der Waals surface area contributed by atoms with Gasteiger partial charge in [0.25, 0.3) is 5.56 Å². The molecule has 1 fully saturated rings. The molecule has 15 nitrogen and oxygen atoms in total. The topological polar surface area (TPSA) is 218 Å². The molecule has 0 bridgehead atoms. The standard InChI is InChI=1S/C25H40N5O10PS2/c1-23(2,3)20(33)42-10-8-37-41(36,38-9-11-43-21(34)24(4,5)6)39-12-14-16(31)25(7,35)19(40-14)30-13-27-15-17(30)28-22(26)29-18(15)32/h13-14,16,19,31,35H,8-12H2,1-7H3,(H3,26,28,29,32)/t14-,16-,19-,25-/m1/s1. The number of rotatable bonds is 12. The molecule has 5 N–H and O–H groups in total. The van der Waals surface area contributed by atoms with Crippen molar-refractivity contribution in [3.05, 3.63) is 16.7 Å². The molecule has 0 unspecified atom stereocenters. The predicted octanol–water partition coefficient (Wildman–Crippen LogP) is 2.48. The number of ether oxygens (including phenoxy) is 1. The van der Waals surface area contributed by atoms with Crippen LogP contribution in [0.1, 0.15) is 54.7 Å². The Hall–Kier alpha value is -1.82. The van der Waals surface area contributed by atoms with E-state index in [1.54, 1.807) is 41.5 Å². The molecule has 4 atom stereocenters. The van der Waals surface area contributed by atoms with Crippen LogP contribution < -0.4 is 11.3 Å². The van der Waals surface area contributed by atoms with Gasteiger partial charge in [-0.3, -0.25) is 37.5 Å². The summed E-state index contributed by atoms with van der Waals surface area (Å²) < 4.78 is 37.1. The lowest BCUT2D eigenvalue weighted by molar-refractivity contribution is -0.118. The van der Waals surface area contributed by atoms with Gasteiger partial charge in [0, 0.05) is 22.3 Å². The first-order chi connectivity index (χ1) is 19.8. The van der Waals surface area contributed by atoms with Crippen LogP contribution in [0.5, 0.6) is 0 Å². The van der Waals surface area contributed by atoms with Gasteiger partial charge < -0.3 is 20.7 Å². The van der Waals surface area contributed by atoms with Crippen molar-refractivity contribution in [2.75, 3.05) is 37.1 Å². The molecule has 1 aliphatic rings. The van der Waals surface area contributed by atoms with Crippen molar-refractivity contribution >= 4 is 58.7 Å². The first kappa shape index (κ1) is 35.7. The summed E-state index contributed by atoms with van der Waals surface area (Å²) in [6.07, 6.45) is -2.85. The van der Waals surface area contributed by atoms with E-state index in [0.29, 0.717) is 0 Å². The first-order valence-electron chi connectivity index (χ1n) is 13.4. The van der Waals surface area contributed by atoms with Crippen LogP contribution >= 0.6 is 31.3 Å². The highest BCUT2D eigenvalue weighted by Gasteiger charge is 2.54. The summed E-state index contributed by atoms with van der Waals surface area (Å²) in [5.74, 6) is 0.163. The molecule has 0 amide bonds. The molecule has 2 aromatic rings. The normalized spacial score (nSPS) is 23.2. The number of fused-ring (bicyclic) bond motifs is 1. The molecule has 0 saturated carbocycles. The van der Waals surface area contributed by atoms with Gasteiger partial charge in [0.15, 0.2) is 27.6 Å². The van der Waals surface area contributed by atoms with Gasteiger partial charge in [-0.25, -0.2) is 9.55 Å². The zero-order chi connectivity index (χ0) is 32.4. The Morgan fingerprint density at radius 3 is 2.16 bits per heavy atom. The lowest BCUT2D eigenvalue weighted by Gasteiger charge is -2.27. The van der Waals surface area contributed by atoms with Crippen LogP contribution in [0.25, 0.3) is 11.2 Å². The summed E-state index contributed by atoms with van der Waals surface area (Å²) in [4.78, 5) is 47.0. The highest BCUT2D eigenvalue weighted by atomic mass is 32.2. The van der Waals surface area contributed by atoms with Crippen LogP contribution in [0.3, 0.4) is 0 Å². The van der Waals surface area contributed by atoms with Gasteiger partial charge in [-0.05, 0) is 6.92 Å². The second-order valence-corrected chi connectivity index (χ2v) is 16.0. The van der Waals surface area contributed by atoms with E-state index in [1.165, 1.54) is 17.8 Å². The van der Waals surface area contributed by atoms with E-state index >= 15 is 0 Å². The predicted molar refractivity (Wildman–Crippen MR) is 162 cm³/mol. The second-order valence-electron chi connectivity index (χ2n) is 12.2. The number of H-pyrrole nitrogens is 1. The molecule has 242 valence electrons. The molecule has 18 heteroatoms. The van der Waals surface area contributed by atoms with Crippen LogP contribution in [0.2, 0.25) is 0 Å². The highest BCUT2D eigenvalue weighted by Crippen LogP contribution is 2.51. The van der Waals surface area contributed by atoms with E-state index in [-0.39, 0.29) is 52.1 Å². The van der Waals surface area contributed by atoms with Crippen molar-refractivity contribution in [2.24, 2.45) is 10.8 Å². The number of carbonyl (C=O) groups excluding carboxylic acids is 2. The van der Waals surface area contributed by atoms with Gasteiger partial charge in [0.05, 0.1) is 26.1 Å². The van der Waals surface area contributed by atoms with Gasteiger partial charge >= 0.3 is 7.82 Å². The van der Waals surface area contributed by atoms with Crippen LogP contribution in [0.4, 0.5) is 5.95 Å². The number of hydrogen-bond donors (Lipinski definition) is 4. The summed E-state index contributed by atoms with van der Waals surface area (Å²) in [5, 5.41) is 21.9. The third-order valence-corrected chi connectivity index (χ3v) is 10.2. The van der Waals surface area contributed by atoms with Crippen molar-refractivity contribution in [1.29, 1.82) is 0 Å². The zero-order valence-electron chi connectivity index (χ0n) is 25.2. The largest absolute Gasteiger partial charge is 0.474 e. The molecule has 0 aromatic carbocycles. The number of phosphoric ester groups is 1. The van der Waals surface area contributed by atoms with Gasteiger partial charge in [0.2, 0.25) is 5.95 Å². The zero-order valence-corrected chi connectivity index (χ0v) is 27.7. The number of aromatic amines is 1. The summed E-state index contributed by atoms with van der Waals surface area (Å²) in [7, 11) is -4.29. The Balaban J connectivity index is 1.71. The second kappa shape index (κ2) is 13.7. The fourth-order valence-electron chi connectivity index (χ4n) is 3.77. The van der Waals surface area contributed by atoms with E-state index in [4.69, 9.17) is 24.0 Å². The number of imidazole rings is 1. The number of anilines is 1. The quantitative estimate of drug-likeness (QED) is 0.189. The number of nitrogens with one attached hydrogen (secondary N) is 1. The average Bonchev–Trinajstić information content (AvgIpc) is 3.40. The Morgan fingerprint density at radius 1 is 1.12 bits per heavy atom. The van der Waals surface area contributed by atoms with Gasteiger partial charge in [-0.15, -0.1) is 0 Å². The van der Waals surface area contributed by atoms with E-state index in [2.05, 4.69) is 15.0 Å².